The summed E-state index contributed by atoms with van der Waals surface area (Å²) in [5, 5.41) is 10.9. The average molecular weight is 400 g/mol. The lowest BCUT2D eigenvalue weighted by atomic mass is 9.76. The van der Waals surface area contributed by atoms with Gasteiger partial charge in [0.15, 0.2) is 0 Å². The molecular formula is C24H30ClNO2. The molecule has 3 nitrogen and oxygen atoms in total. The number of nitrogens with zero attached hydrogens (tertiary/aromatic N) is 1. The Balaban J connectivity index is 1.50. The number of carbonyl (C=O) groups excluding carboxylic acids is 1. The van der Waals surface area contributed by atoms with Crippen LogP contribution in [0.15, 0.2) is 54.6 Å². The van der Waals surface area contributed by atoms with E-state index in [4.69, 9.17) is 11.6 Å². The predicted molar refractivity (Wildman–Crippen MR) is 114 cm³/mol. The van der Waals surface area contributed by atoms with Crippen molar-refractivity contribution in [1.82, 2.24) is 4.90 Å². The molecule has 28 heavy (non-hydrogen) atoms. The molecule has 150 valence electrons. The number of aliphatic hydroxyl groups excluding tert-OH is 1. The van der Waals surface area contributed by atoms with E-state index in [1.165, 1.54) is 11.1 Å². The smallest absolute Gasteiger partial charge is 0.222 e. The Hall–Kier alpha value is -1.84. The molecule has 0 bridgehead atoms. The maximum absolute atomic E-state index is 12.7. The quantitative estimate of drug-likeness (QED) is 0.686. The number of rotatable bonds is 8. The minimum absolute atomic E-state index is 0.147. The van der Waals surface area contributed by atoms with E-state index in [2.05, 4.69) is 24.3 Å². The molecule has 0 spiro atoms. The molecule has 3 rings (SSSR count). The molecule has 0 radical (unpaired) electrons. The number of aliphatic hydroxyl groups is 1. The van der Waals surface area contributed by atoms with Crippen molar-refractivity contribution in [2.75, 3.05) is 19.7 Å². The number of hydrogen-bond donors (Lipinski definition) is 1. The van der Waals surface area contributed by atoms with Gasteiger partial charge in [0.05, 0.1) is 6.61 Å². The number of likely N-dealkylation sites (tertiary alicyclic amines) is 1. The van der Waals surface area contributed by atoms with Crippen LogP contribution in [0.2, 0.25) is 5.02 Å². The van der Waals surface area contributed by atoms with E-state index in [1.54, 1.807) is 0 Å². The summed E-state index contributed by atoms with van der Waals surface area (Å²) in [7, 11) is 0. The lowest BCUT2D eigenvalue weighted by Crippen LogP contribution is -2.48. The third-order valence-electron chi connectivity index (χ3n) is 5.91. The number of amides is 1. The van der Waals surface area contributed by atoms with Gasteiger partial charge < -0.3 is 10.0 Å². The molecule has 0 aliphatic carbocycles. The second-order valence-electron chi connectivity index (χ2n) is 8.04. The molecule has 1 N–H and O–H groups in total. The van der Waals surface area contributed by atoms with Gasteiger partial charge in [-0.05, 0) is 61.8 Å². The van der Waals surface area contributed by atoms with Gasteiger partial charge in [-0.25, -0.2) is 0 Å². The first-order valence-electron chi connectivity index (χ1n) is 10.3. The zero-order valence-corrected chi connectivity index (χ0v) is 17.2. The topological polar surface area (TPSA) is 40.5 Å². The summed E-state index contributed by atoms with van der Waals surface area (Å²) < 4.78 is 0. The first kappa shape index (κ1) is 20.9. The van der Waals surface area contributed by atoms with Crippen molar-refractivity contribution in [3.8, 4) is 0 Å². The Bertz CT molecular complexity index is 747. The van der Waals surface area contributed by atoms with Crippen molar-refractivity contribution in [2.24, 2.45) is 5.41 Å². The van der Waals surface area contributed by atoms with E-state index in [1.807, 2.05) is 35.2 Å². The standard InChI is InChI=1S/C24H30ClNO2/c25-22-12-10-21(11-13-22)8-4-9-23(28)26-17-5-15-24(18-26,19-27)16-14-20-6-2-1-3-7-20/h1-3,6-7,10-13,27H,4-5,8-9,14-19H2/t24-/m0/s1. The Morgan fingerprint density at radius 2 is 1.75 bits per heavy atom. The van der Waals surface area contributed by atoms with E-state index in [0.29, 0.717) is 13.0 Å². The fourth-order valence-electron chi connectivity index (χ4n) is 4.14. The van der Waals surface area contributed by atoms with Crippen LogP contribution >= 0.6 is 11.6 Å². The van der Waals surface area contributed by atoms with Crippen molar-refractivity contribution >= 4 is 17.5 Å². The highest BCUT2D eigenvalue weighted by molar-refractivity contribution is 6.30. The van der Waals surface area contributed by atoms with Gasteiger partial charge in [-0.2, -0.15) is 0 Å². The van der Waals surface area contributed by atoms with Crippen LogP contribution in [0.4, 0.5) is 0 Å². The molecule has 1 heterocycles. The minimum Gasteiger partial charge on any atom is -0.396 e. The molecule has 2 aromatic rings. The summed E-state index contributed by atoms with van der Waals surface area (Å²) in [6.45, 7) is 1.64. The largest absolute Gasteiger partial charge is 0.396 e. The lowest BCUT2D eigenvalue weighted by molar-refractivity contribution is -0.135. The second-order valence-corrected chi connectivity index (χ2v) is 8.48. The molecular weight excluding hydrogens is 370 g/mol. The Labute approximate surface area is 173 Å². The fourth-order valence-corrected chi connectivity index (χ4v) is 4.27. The zero-order chi connectivity index (χ0) is 19.8. The first-order valence-corrected chi connectivity index (χ1v) is 10.7. The highest BCUT2D eigenvalue weighted by Gasteiger charge is 2.36. The van der Waals surface area contributed by atoms with Gasteiger partial charge >= 0.3 is 0 Å². The van der Waals surface area contributed by atoms with Gasteiger partial charge in [-0.15, -0.1) is 0 Å². The van der Waals surface area contributed by atoms with Crippen molar-refractivity contribution in [1.29, 1.82) is 0 Å². The molecule has 2 aromatic carbocycles. The van der Waals surface area contributed by atoms with Gasteiger partial charge in [0.25, 0.3) is 0 Å². The molecule has 0 saturated carbocycles. The maximum Gasteiger partial charge on any atom is 0.222 e. The first-order chi connectivity index (χ1) is 13.6. The van der Waals surface area contributed by atoms with Gasteiger partial charge in [-0.3, -0.25) is 4.79 Å². The summed E-state index contributed by atoms with van der Waals surface area (Å²) >= 11 is 5.92. The molecule has 1 saturated heterocycles. The Morgan fingerprint density at radius 1 is 1.04 bits per heavy atom. The number of hydrogen-bond acceptors (Lipinski definition) is 2. The highest BCUT2D eigenvalue weighted by Crippen LogP contribution is 2.34. The molecule has 0 aromatic heterocycles. The average Bonchev–Trinajstić information content (AvgIpc) is 2.74. The SMILES string of the molecule is O=C(CCCc1ccc(Cl)cc1)N1CCC[C@](CO)(CCc2ccccc2)C1. The molecule has 1 amide bonds. The number of carbonyl (C=O) groups is 1. The van der Waals surface area contributed by atoms with E-state index < -0.39 is 0 Å². The van der Waals surface area contributed by atoms with Gasteiger partial charge in [0, 0.05) is 29.9 Å². The fraction of sp³-hybridized carbons (Fsp3) is 0.458. The second kappa shape index (κ2) is 10.1. The van der Waals surface area contributed by atoms with Crippen LogP contribution in [0.25, 0.3) is 0 Å². The van der Waals surface area contributed by atoms with E-state index >= 15 is 0 Å². The summed E-state index contributed by atoms with van der Waals surface area (Å²) in [6.07, 6.45) is 6.11. The summed E-state index contributed by atoms with van der Waals surface area (Å²) in [5.74, 6) is 0.214. The van der Waals surface area contributed by atoms with E-state index in [9.17, 15) is 9.90 Å². The highest BCUT2D eigenvalue weighted by atomic mass is 35.5. The third kappa shape index (κ3) is 5.83. The molecule has 0 unspecified atom stereocenters. The van der Waals surface area contributed by atoms with E-state index in [0.717, 1.165) is 50.1 Å². The van der Waals surface area contributed by atoms with Crippen molar-refractivity contribution in [2.45, 2.75) is 44.9 Å². The van der Waals surface area contributed by atoms with Crippen LogP contribution in [0, 0.1) is 5.41 Å². The molecule has 1 atom stereocenters. The summed E-state index contributed by atoms with van der Waals surface area (Å²) in [4.78, 5) is 14.7. The van der Waals surface area contributed by atoms with Crippen molar-refractivity contribution in [3.05, 3.63) is 70.7 Å². The minimum atomic E-state index is -0.167. The Morgan fingerprint density at radius 3 is 2.46 bits per heavy atom. The number of halogens is 1. The molecule has 1 aliphatic rings. The summed E-state index contributed by atoms with van der Waals surface area (Å²) in [5.41, 5.74) is 2.34. The monoisotopic (exact) mass is 399 g/mol. The summed E-state index contributed by atoms with van der Waals surface area (Å²) in [6, 6.07) is 18.2. The van der Waals surface area contributed by atoms with Gasteiger partial charge in [-0.1, -0.05) is 54.1 Å². The zero-order valence-electron chi connectivity index (χ0n) is 16.4. The lowest BCUT2D eigenvalue weighted by Gasteiger charge is -2.42. The predicted octanol–water partition coefficient (Wildman–Crippen LogP) is 4.90. The van der Waals surface area contributed by atoms with Crippen LogP contribution in [0.3, 0.4) is 0 Å². The van der Waals surface area contributed by atoms with Crippen LogP contribution in [0.5, 0.6) is 0 Å². The molecule has 4 heteroatoms. The molecule has 1 aliphatic heterocycles. The normalized spacial score (nSPS) is 19.6. The molecule has 1 fully saturated rings. The van der Waals surface area contributed by atoms with Gasteiger partial charge in [0.1, 0.15) is 0 Å². The van der Waals surface area contributed by atoms with Crippen LogP contribution in [0.1, 0.15) is 43.2 Å². The van der Waals surface area contributed by atoms with Crippen molar-refractivity contribution in [3.63, 3.8) is 0 Å². The van der Waals surface area contributed by atoms with Crippen molar-refractivity contribution < 1.29 is 9.90 Å². The van der Waals surface area contributed by atoms with Crippen LogP contribution < -0.4 is 0 Å². The number of piperidine rings is 1. The number of aryl methyl sites for hydroxylation is 2. The number of benzene rings is 2. The van der Waals surface area contributed by atoms with Crippen LogP contribution in [-0.4, -0.2) is 35.6 Å². The maximum atomic E-state index is 12.7. The van der Waals surface area contributed by atoms with Gasteiger partial charge in [0.2, 0.25) is 5.91 Å². The Kier molecular flexibility index (Phi) is 7.52. The third-order valence-corrected chi connectivity index (χ3v) is 6.16. The van der Waals surface area contributed by atoms with Crippen LogP contribution in [-0.2, 0) is 17.6 Å². The van der Waals surface area contributed by atoms with E-state index in [-0.39, 0.29) is 17.9 Å².